The van der Waals surface area contributed by atoms with Crippen LogP contribution in [0.3, 0.4) is 0 Å². The molecule has 0 spiro atoms. The summed E-state index contributed by atoms with van der Waals surface area (Å²) in [5.74, 6) is -3.41. The van der Waals surface area contributed by atoms with E-state index in [9.17, 15) is 45.5 Å². The Morgan fingerprint density at radius 1 is 0.708 bits per heavy atom. The van der Waals surface area contributed by atoms with Gasteiger partial charge in [-0.3, -0.25) is 9.59 Å². The molecule has 4 amide bonds. The Kier molecular flexibility index (Phi) is 18.3. The van der Waals surface area contributed by atoms with E-state index in [1.165, 1.54) is 4.90 Å². The summed E-state index contributed by atoms with van der Waals surface area (Å²) in [5.41, 5.74) is 4.53. The van der Waals surface area contributed by atoms with E-state index in [1.54, 1.807) is 25.7 Å². The molecular weight excluding hydrogens is 678 g/mol. The van der Waals surface area contributed by atoms with Crippen LogP contribution in [0.2, 0.25) is 0 Å². The zero-order valence-corrected chi connectivity index (χ0v) is 29.1. The van der Waals surface area contributed by atoms with Gasteiger partial charge in [0.2, 0.25) is 0 Å². The average molecular weight is 729 g/mol. The van der Waals surface area contributed by atoms with Crippen molar-refractivity contribution in [2.24, 2.45) is 23.5 Å². The number of halogens is 7. The van der Waals surface area contributed by atoms with Crippen molar-refractivity contribution >= 4 is 36.4 Å². The molecule has 3 fully saturated rings. The second kappa shape index (κ2) is 19.5. The summed E-state index contributed by atoms with van der Waals surface area (Å²) < 4.78 is 81.6. The van der Waals surface area contributed by atoms with Gasteiger partial charge in [-0.25, -0.2) is 9.59 Å². The Hall–Kier alpha value is -2.73. The van der Waals surface area contributed by atoms with Gasteiger partial charge in [-0.1, -0.05) is 0 Å². The van der Waals surface area contributed by atoms with Crippen molar-refractivity contribution in [1.29, 1.82) is 0 Å². The lowest BCUT2D eigenvalue weighted by molar-refractivity contribution is -0.173. The summed E-state index contributed by atoms with van der Waals surface area (Å²) in [6, 6.07) is 0. The Morgan fingerprint density at radius 3 is 1.44 bits per heavy atom. The van der Waals surface area contributed by atoms with Crippen LogP contribution in [-0.4, -0.2) is 116 Å². The number of nitrogens with two attached hydrogens (primary N) is 1. The van der Waals surface area contributed by atoms with E-state index in [2.05, 4.69) is 5.32 Å². The quantitative estimate of drug-likeness (QED) is 0.312. The van der Waals surface area contributed by atoms with Crippen LogP contribution < -0.4 is 21.7 Å². The number of amides is 4. The Morgan fingerprint density at radius 2 is 1.10 bits per heavy atom. The normalized spacial score (nSPS) is 21.1. The topological polar surface area (TPSA) is 155 Å². The third-order valence-corrected chi connectivity index (χ3v) is 6.99. The third kappa shape index (κ3) is 18.7. The second-order valence-electron chi connectivity index (χ2n) is 13.7. The van der Waals surface area contributed by atoms with E-state index in [0.717, 1.165) is 32.5 Å². The van der Waals surface area contributed by atoms with Crippen molar-refractivity contribution in [3.8, 4) is 0 Å². The number of alkyl halides is 6. The van der Waals surface area contributed by atoms with E-state index < -0.39 is 41.5 Å². The fourth-order valence-corrected chi connectivity index (χ4v) is 4.57. The van der Waals surface area contributed by atoms with Gasteiger partial charge in [0.05, 0.1) is 0 Å². The number of carbonyl (C=O) groups is 4. The van der Waals surface area contributed by atoms with Crippen LogP contribution in [0.4, 0.5) is 35.9 Å². The lowest BCUT2D eigenvalue weighted by Gasteiger charge is -2.24. The molecule has 0 aromatic heterocycles. The van der Waals surface area contributed by atoms with Crippen molar-refractivity contribution in [1.82, 2.24) is 25.8 Å². The number of likely N-dealkylation sites (tertiary alicyclic amines) is 2. The van der Waals surface area contributed by atoms with Crippen LogP contribution in [0.5, 0.6) is 0 Å². The minimum absolute atomic E-state index is 0. The van der Waals surface area contributed by atoms with Crippen LogP contribution in [0.15, 0.2) is 0 Å². The van der Waals surface area contributed by atoms with Gasteiger partial charge < -0.3 is 41.0 Å². The lowest BCUT2D eigenvalue weighted by atomic mass is 10.1. The fourth-order valence-electron chi connectivity index (χ4n) is 4.57. The summed E-state index contributed by atoms with van der Waals surface area (Å²) in [5, 5.41) is 6.69. The summed E-state index contributed by atoms with van der Waals surface area (Å²) in [7, 11) is 0. The molecule has 3 heterocycles. The molecule has 12 nitrogen and oxygen atoms in total. The number of rotatable bonds is 5. The maximum Gasteiger partial charge on any atom is 0.471 e. The number of nitrogens with zero attached hydrogens (tertiary/aromatic N) is 2. The molecule has 19 heteroatoms. The number of ether oxygens (including phenoxy) is 2. The van der Waals surface area contributed by atoms with E-state index >= 15 is 0 Å². The van der Waals surface area contributed by atoms with Crippen molar-refractivity contribution in [2.75, 3.05) is 58.9 Å². The summed E-state index contributed by atoms with van der Waals surface area (Å²) >= 11 is 0. The van der Waals surface area contributed by atoms with E-state index in [-0.39, 0.29) is 50.0 Å². The molecule has 0 bridgehead atoms. The predicted octanol–water partition coefficient (Wildman–Crippen LogP) is 3.82. The van der Waals surface area contributed by atoms with E-state index in [4.69, 9.17) is 15.2 Å². The molecule has 3 aliphatic heterocycles. The van der Waals surface area contributed by atoms with Crippen molar-refractivity contribution in [2.45, 2.75) is 84.4 Å². The SMILES string of the molecule is CC(C)(C)OC(=O)N1CCC(CN)C1.CC(C)(C)OC(=O)N1CCC(CNC(=O)C(F)(F)F)C1.Cl.O=C(NCC1CCNC1)C(F)(F)F. The summed E-state index contributed by atoms with van der Waals surface area (Å²) in [6.45, 7) is 15.2. The first-order chi connectivity index (χ1) is 21.4. The maximum absolute atomic E-state index is 12.0. The highest BCUT2D eigenvalue weighted by molar-refractivity contribution is 5.85. The molecule has 3 rings (SSSR count). The third-order valence-electron chi connectivity index (χ3n) is 6.99. The molecule has 0 aliphatic carbocycles. The van der Waals surface area contributed by atoms with Crippen LogP contribution in [0, 0.1) is 17.8 Å². The van der Waals surface area contributed by atoms with Gasteiger partial charge in [-0.05, 0) is 98.2 Å². The van der Waals surface area contributed by atoms with Gasteiger partial charge in [0, 0.05) is 39.3 Å². The molecule has 0 radical (unpaired) electrons. The Labute approximate surface area is 283 Å². The maximum atomic E-state index is 12.0. The molecule has 3 saturated heterocycles. The minimum atomic E-state index is -4.87. The molecule has 0 aromatic rings. The zero-order chi connectivity index (χ0) is 36.2. The average Bonchev–Trinajstić information content (AvgIpc) is 3.70. The zero-order valence-electron chi connectivity index (χ0n) is 28.3. The van der Waals surface area contributed by atoms with Gasteiger partial charge in [0.1, 0.15) is 11.2 Å². The van der Waals surface area contributed by atoms with Crippen molar-refractivity contribution in [3.05, 3.63) is 0 Å². The van der Waals surface area contributed by atoms with Crippen molar-refractivity contribution in [3.63, 3.8) is 0 Å². The fraction of sp³-hybridized carbons (Fsp3) is 0.862. The lowest BCUT2D eigenvalue weighted by Crippen LogP contribution is -2.40. The highest BCUT2D eigenvalue weighted by Gasteiger charge is 2.40. The Bertz CT molecular complexity index is 1030. The monoisotopic (exact) mass is 728 g/mol. The molecule has 5 N–H and O–H groups in total. The highest BCUT2D eigenvalue weighted by Crippen LogP contribution is 2.21. The second-order valence-corrected chi connectivity index (χ2v) is 13.7. The largest absolute Gasteiger partial charge is 0.471 e. The number of nitrogens with one attached hydrogen (secondary N) is 3. The standard InChI is InChI=1S/C12H19F3N2O3.C10H20N2O2.C7H11F3N2O.ClH/c1-11(2,3)20-10(19)17-5-4-8(7-17)6-16-9(18)12(13,14)15;1-10(2,3)14-9(13)12-5-4-8(6-11)7-12;8-7(9,10)6(13)12-4-5-1-2-11-3-5;/h8H,4-7H2,1-3H3,(H,16,18);8H,4-7,11H2,1-3H3;5,11H,1-4H2,(H,12,13);1H. The number of hydrogen-bond acceptors (Lipinski definition) is 8. The summed E-state index contributed by atoms with van der Waals surface area (Å²) in [4.78, 5) is 47.6. The van der Waals surface area contributed by atoms with Gasteiger partial charge in [-0.2, -0.15) is 26.3 Å². The van der Waals surface area contributed by atoms with Crippen LogP contribution in [0.25, 0.3) is 0 Å². The van der Waals surface area contributed by atoms with Gasteiger partial charge in [-0.15, -0.1) is 12.4 Å². The minimum Gasteiger partial charge on any atom is -0.444 e. The number of hydrogen-bond donors (Lipinski definition) is 4. The first kappa shape index (κ1) is 45.3. The number of carbonyl (C=O) groups excluding carboxylic acids is 4. The molecule has 282 valence electrons. The first-order valence-corrected chi connectivity index (χ1v) is 15.5. The smallest absolute Gasteiger partial charge is 0.444 e. The molecule has 0 saturated carbocycles. The Balaban J connectivity index is 0.000000704. The van der Waals surface area contributed by atoms with Crippen LogP contribution in [-0.2, 0) is 19.1 Å². The highest BCUT2D eigenvalue weighted by atomic mass is 35.5. The van der Waals surface area contributed by atoms with Crippen LogP contribution in [0.1, 0.15) is 60.8 Å². The van der Waals surface area contributed by atoms with Crippen LogP contribution >= 0.6 is 12.4 Å². The van der Waals surface area contributed by atoms with E-state index in [0.29, 0.717) is 32.0 Å². The van der Waals surface area contributed by atoms with Gasteiger partial charge in [0.15, 0.2) is 0 Å². The first-order valence-electron chi connectivity index (χ1n) is 15.5. The predicted molar refractivity (Wildman–Crippen MR) is 167 cm³/mol. The molecular formula is C29H51ClF6N6O6. The molecule has 3 unspecified atom stereocenters. The van der Waals surface area contributed by atoms with Gasteiger partial charge in [0.25, 0.3) is 0 Å². The summed E-state index contributed by atoms with van der Waals surface area (Å²) in [6.07, 6.45) is -7.98. The molecule has 3 atom stereocenters. The van der Waals surface area contributed by atoms with Crippen molar-refractivity contribution < 1.29 is 55.0 Å². The van der Waals surface area contributed by atoms with E-state index in [1.807, 2.05) is 31.4 Å². The molecule has 48 heavy (non-hydrogen) atoms. The molecule has 0 aromatic carbocycles. The molecule has 3 aliphatic rings. The van der Waals surface area contributed by atoms with Gasteiger partial charge >= 0.3 is 36.4 Å².